The van der Waals surface area contributed by atoms with E-state index in [1.165, 1.54) is 4.90 Å². The normalized spacial score (nSPS) is 16.9. The van der Waals surface area contributed by atoms with Crippen LogP contribution in [0.25, 0.3) is 10.9 Å². The number of benzene rings is 1. The minimum absolute atomic E-state index is 0. The summed E-state index contributed by atoms with van der Waals surface area (Å²) in [6.45, 7) is 3.52. The van der Waals surface area contributed by atoms with Crippen LogP contribution in [-0.4, -0.2) is 63.7 Å². The molecule has 0 bridgehead atoms. The molecule has 2 aliphatic rings. The number of anilines is 3. The van der Waals surface area contributed by atoms with Crippen LogP contribution in [0.3, 0.4) is 0 Å². The number of fused-ring (bicyclic) bond motifs is 1. The number of aromatic amines is 1. The minimum atomic E-state index is -0.386. The quantitative estimate of drug-likeness (QED) is 0.462. The number of carbonyl (C=O) groups excluding carboxylic acids is 1. The second kappa shape index (κ2) is 10.1. The average molecular weight is 525 g/mol. The first-order valence-corrected chi connectivity index (χ1v) is 11.3. The summed E-state index contributed by atoms with van der Waals surface area (Å²) in [5.74, 6) is 0.743. The largest absolute Gasteiger partial charge is 0.345 e. The minimum Gasteiger partial charge on any atom is -0.345 e. The zero-order valence-corrected chi connectivity index (χ0v) is 21.6. The maximum absolute atomic E-state index is 15.0. The number of nitrogens with zero attached hydrogens (tertiary/aromatic N) is 5. The van der Waals surface area contributed by atoms with E-state index in [4.69, 9.17) is 15.7 Å². The van der Waals surface area contributed by atoms with Crippen molar-refractivity contribution in [2.45, 2.75) is 44.1 Å². The molecule has 35 heavy (non-hydrogen) atoms. The van der Waals surface area contributed by atoms with Crippen LogP contribution in [0.1, 0.15) is 54.6 Å². The third-order valence-electron chi connectivity index (χ3n) is 6.48. The number of nitrogens with two attached hydrogens (primary N) is 1. The zero-order valence-electron chi connectivity index (χ0n) is 20.0. The highest BCUT2D eigenvalue weighted by Crippen LogP contribution is 2.41. The van der Waals surface area contributed by atoms with Crippen molar-refractivity contribution in [2.75, 3.05) is 37.4 Å². The van der Waals surface area contributed by atoms with Gasteiger partial charge in [0, 0.05) is 49.6 Å². The van der Waals surface area contributed by atoms with Crippen LogP contribution in [-0.2, 0) is 0 Å². The number of amides is 1. The molecular weight excluding hydrogens is 494 g/mol. The Morgan fingerprint density at radius 1 is 1.20 bits per heavy atom. The van der Waals surface area contributed by atoms with Crippen molar-refractivity contribution in [3.8, 4) is 0 Å². The molecule has 3 aromatic rings. The van der Waals surface area contributed by atoms with Crippen molar-refractivity contribution >= 4 is 59.2 Å². The van der Waals surface area contributed by atoms with Crippen LogP contribution >= 0.6 is 24.8 Å². The van der Waals surface area contributed by atoms with E-state index in [0.717, 1.165) is 38.8 Å². The molecule has 0 unspecified atom stereocenters. The molecule has 1 saturated heterocycles. The van der Waals surface area contributed by atoms with Gasteiger partial charge in [-0.1, -0.05) is 0 Å². The monoisotopic (exact) mass is 524 g/mol. The molecule has 5 rings (SSSR count). The standard InChI is InChI=1S/C23H29FN8O.2ClH/c1-23(25)8-10-32(11-9-23)22-26-16-7-6-14(21(33)31(2)3)12-15(16)19(28-22)27-20-17(24)18(29-30-20)13-4-5-13;;/h6-7,12-13H,4-5,8-11,25H2,1-3H3,(H2,26,27,28,29,30);2*1H. The predicted octanol–water partition coefficient (Wildman–Crippen LogP) is 3.98. The van der Waals surface area contributed by atoms with E-state index in [-0.39, 0.29) is 53.8 Å². The van der Waals surface area contributed by atoms with Gasteiger partial charge in [-0.25, -0.2) is 9.37 Å². The zero-order chi connectivity index (χ0) is 23.3. The molecule has 1 saturated carbocycles. The van der Waals surface area contributed by atoms with E-state index in [2.05, 4.69) is 27.3 Å². The van der Waals surface area contributed by atoms with Gasteiger partial charge in [-0.05, 0) is 50.8 Å². The number of aromatic nitrogens is 4. The molecule has 1 aliphatic carbocycles. The van der Waals surface area contributed by atoms with Crippen LogP contribution < -0.4 is 16.0 Å². The molecule has 0 radical (unpaired) electrons. The van der Waals surface area contributed by atoms with Gasteiger partial charge in [0.25, 0.3) is 5.91 Å². The molecule has 1 aromatic carbocycles. The molecule has 2 fully saturated rings. The Labute approximate surface area is 215 Å². The van der Waals surface area contributed by atoms with E-state index >= 15 is 0 Å². The molecule has 1 amide bonds. The Hall–Kier alpha value is -2.69. The number of piperidine rings is 1. The predicted molar refractivity (Wildman–Crippen MR) is 140 cm³/mol. The van der Waals surface area contributed by atoms with Crippen LogP contribution in [0.2, 0.25) is 0 Å². The summed E-state index contributed by atoms with van der Waals surface area (Å²) in [6, 6.07) is 5.29. The second-order valence-corrected chi connectivity index (χ2v) is 9.64. The van der Waals surface area contributed by atoms with Gasteiger partial charge < -0.3 is 20.9 Å². The van der Waals surface area contributed by atoms with Crippen molar-refractivity contribution in [1.82, 2.24) is 25.1 Å². The van der Waals surface area contributed by atoms with Crippen molar-refractivity contribution in [3.63, 3.8) is 0 Å². The molecule has 1 aliphatic heterocycles. The first-order chi connectivity index (χ1) is 15.7. The van der Waals surface area contributed by atoms with Gasteiger partial charge in [0.1, 0.15) is 5.82 Å². The van der Waals surface area contributed by atoms with E-state index in [1.807, 2.05) is 0 Å². The Morgan fingerprint density at radius 2 is 1.89 bits per heavy atom. The average Bonchev–Trinajstić information content (AvgIpc) is 3.56. The highest BCUT2D eigenvalue weighted by molar-refractivity contribution is 6.01. The summed E-state index contributed by atoms with van der Waals surface area (Å²) < 4.78 is 15.0. The summed E-state index contributed by atoms with van der Waals surface area (Å²) in [6.07, 6.45) is 3.58. The Bertz CT molecular complexity index is 1220. The lowest BCUT2D eigenvalue weighted by atomic mass is 9.91. The molecule has 3 heterocycles. The molecule has 0 atom stereocenters. The second-order valence-electron chi connectivity index (χ2n) is 9.64. The van der Waals surface area contributed by atoms with Gasteiger partial charge in [-0.15, -0.1) is 24.8 Å². The fraction of sp³-hybridized carbons (Fsp3) is 0.478. The Kier molecular flexibility index (Phi) is 7.78. The lowest BCUT2D eigenvalue weighted by Gasteiger charge is -2.36. The number of hydrogen-bond acceptors (Lipinski definition) is 7. The molecule has 2 aromatic heterocycles. The number of halogens is 3. The van der Waals surface area contributed by atoms with E-state index in [0.29, 0.717) is 33.9 Å². The van der Waals surface area contributed by atoms with Gasteiger partial charge in [0.05, 0.1) is 11.2 Å². The van der Waals surface area contributed by atoms with E-state index in [9.17, 15) is 9.18 Å². The molecule has 12 heteroatoms. The van der Waals surface area contributed by atoms with Gasteiger partial charge in [0.15, 0.2) is 11.6 Å². The Balaban J connectivity index is 0.00000171. The maximum atomic E-state index is 15.0. The molecule has 190 valence electrons. The fourth-order valence-electron chi connectivity index (χ4n) is 4.14. The van der Waals surface area contributed by atoms with Crippen molar-refractivity contribution < 1.29 is 9.18 Å². The van der Waals surface area contributed by atoms with Crippen LogP contribution in [0.4, 0.5) is 22.0 Å². The number of nitrogens with one attached hydrogen (secondary N) is 2. The smallest absolute Gasteiger partial charge is 0.253 e. The highest BCUT2D eigenvalue weighted by atomic mass is 35.5. The summed E-state index contributed by atoms with van der Waals surface area (Å²) in [5, 5.41) is 10.7. The number of H-pyrrole nitrogens is 1. The van der Waals surface area contributed by atoms with Crippen LogP contribution in [0.15, 0.2) is 18.2 Å². The van der Waals surface area contributed by atoms with Crippen LogP contribution in [0.5, 0.6) is 0 Å². The lowest BCUT2D eigenvalue weighted by molar-refractivity contribution is 0.0828. The van der Waals surface area contributed by atoms with Crippen molar-refractivity contribution in [3.05, 3.63) is 35.3 Å². The first kappa shape index (κ1) is 26.9. The summed E-state index contributed by atoms with van der Waals surface area (Å²) >= 11 is 0. The lowest BCUT2D eigenvalue weighted by Crippen LogP contribution is -2.48. The third kappa shape index (κ3) is 5.44. The molecule has 0 spiro atoms. The number of hydrogen-bond donors (Lipinski definition) is 3. The van der Waals surface area contributed by atoms with Gasteiger partial charge in [0.2, 0.25) is 5.95 Å². The summed E-state index contributed by atoms with van der Waals surface area (Å²) in [4.78, 5) is 25.6. The number of rotatable bonds is 5. The first-order valence-electron chi connectivity index (χ1n) is 11.3. The van der Waals surface area contributed by atoms with E-state index < -0.39 is 0 Å². The number of carbonyl (C=O) groups is 1. The van der Waals surface area contributed by atoms with Gasteiger partial charge >= 0.3 is 0 Å². The fourth-order valence-corrected chi connectivity index (χ4v) is 4.14. The Morgan fingerprint density at radius 3 is 2.51 bits per heavy atom. The SMILES string of the molecule is CN(C)C(=O)c1ccc2nc(N3CCC(C)(N)CC3)nc(Nc3n[nH]c(C4CC4)c3F)c2c1.Cl.Cl. The van der Waals surface area contributed by atoms with Crippen LogP contribution in [0, 0.1) is 5.82 Å². The van der Waals surface area contributed by atoms with Crippen molar-refractivity contribution in [2.24, 2.45) is 5.73 Å². The molecule has 4 N–H and O–H groups in total. The van der Waals surface area contributed by atoms with Gasteiger partial charge in [-0.3, -0.25) is 9.89 Å². The summed E-state index contributed by atoms with van der Waals surface area (Å²) in [5.41, 5.74) is 7.78. The molecular formula is C23H31Cl2FN8O. The van der Waals surface area contributed by atoms with Gasteiger partial charge in [-0.2, -0.15) is 10.1 Å². The maximum Gasteiger partial charge on any atom is 0.253 e. The van der Waals surface area contributed by atoms with Crippen molar-refractivity contribution in [1.29, 1.82) is 0 Å². The topological polar surface area (TPSA) is 116 Å². The van der Waals surface area contributed by atoms with E-state index in [1.54, 1.807) is 32.3 Å². The summed E-state index contributed by atoms with van der Waals surface area (Å²) in [7, 11) is 3.40. The highest BCUT2D eigenvalue weighted by Gasteiger charge is 2.31. The molecule has 9 nitrogen and oxygen atoms in total. The third-order valence-corrected chi connectivity index (χ3v) is 6.48.